The van der Waals surface area contributed by atoms with Crippen molar-refractivity contribution >= 4 is 5.97 Å². The molecule has 0 rings (SSSR count). The molecule has 0 radical (unpaired) electrons. The van der Waals surface area contributed by atoms with Crippen molar-refractivity contribution in [1.82, 2.24) is 5.32 Å². The van der Waals surface area contributed by atoms with E-state index >= 15 is 0 Å². The van der Waals surface area contributed by atoms with Crippen molar-refractivity contribution in [1.29, 1.82) is 0 Å². The summed E-state index contributed by atoms with van der Waals surface area (Å²) in [4.78, 5) is 11.7. The topological polar surface area (TPSA) is 38.3 Å². The second-order valence-corrected chi connectivity index (χ2v) is 4.82. The summed E-state index contributed by atoms with van der Waals surface area (Å²) >= 11 is 0. The highest BCUT2D eigenvalue weighted by Gasteiger charge is 2.17. The summed E-state index contributed by atoms with van der Waals surface area (Å²) in [6.07, 6.45) is 9.58. The molecule has 0 fully saturated rings. The maximum atomic E-state index is 11.7. The Labute approximate surface area is 113 Å². The number of rotatable bonds is 12. The molecule has 1 N–H and O–H groups in total. The van der Waals surface area contributed by atoms with E-state index in [0.717, 1.165) is 25.8 Å². The molecule has 0 aromatic heterocycles. The number of carbonyl (C=O) groups is 1. The zero-order valence-electron chi connectivity index (χ0n) is 12.5. The van der Waals surface area contributed by atoms with Gasteiger partial charge >= 0.3 is 5.97 Å². The number of hydrogen-bond acceptors (Lipinski definition) is 3. The Morgan fingerprint density at radius 1 is 1.00 bits per heavy atom. The molecule has 18 heavy (non-hydrogen) atoms. The summed E-state index contributed by atoms with van der Waals surface area (Å²) in [5.74, 6) is -0.0923. The molecule has 3 nitrogen and oxygen atoms in total. The van der Waals surface area contributed by atoms with Gasteiger partial charge in [-0.25, -0.2) is 0 Å². The van der Waals surface area contributed by atoms with Crippen LogP contribution >= 0.6 is 0 Å². The Kier molecular flexibility index (Phi) is 12.5. The van der Waals surface area contributed by atoms with Crippen LogP contribution in [-0.2, 0) is 9.53 Å². The lowest BCUT2D eigenvalue weighted by molar-refractivity contribution is -0.145. The minimum absolute atomic E-state index is 0.0923. The number of hydrogen-bond donors (Lipinski definition) is 1. The first-order valence-corrected chi connectivity index (χ1v) is 7.66. The van der Waals surface area contributed by atoms with Crippen LogP contribution in [0.15, 0.2) is 0 Å². The van der Waals surface area contributed by atoms with E-state index < -0.39 is 0 Å². The van der Waals surface area contributed by atoms with Crippen molar-refractivity contribution in [3.63, 3.8) is 0 Å². The third kappa shape index (κ3) is 9.46. The van der Waals surface area contributed by atoms with Crippen molar-refractivity contribution in [3.05, 3.63) is 0 Å². The van der Waals surface area contributed by atoms with Gasteiger partial charge in [-0.15, -0.1) is 0 Å². The van der Waals surface area contributed by atoms with E-state index in [1.165, 1.54) is 32.1 Å². The minimum atomic E-state index is -0.106. The van der Waals surface area contributed by atoms with E-state index in [1.54, 1.807) is 0 Å². The number of unbranched alkanes of at least 4 members (excludes halogenated alkanes) is 5. The largest absolute Gasteiger partial charge is 0.465 e. The van der Waals surface area contributed by atoms with Gasteiger partial charge in [0, 0.05) is 0 Å². The van der Waals surface area contributed by atoms with E-state index in [2.05, 4.69) is 19.2 Å². The molecule has 1 atom stereocenters. The molecule has 0 bridgehead atoms. The first kappa shape index (κ1) is 17.4. The van der Waals surface area contributed by atoms with E-state index in [1.807, 2.05) is 6.92 Å². The summed E-state index contributed by atoms with van der Waals surface area (Å²) in [6.45, 7) is 7.58. The quantitative estimate of drug-likeness (QED) is 0.428. The molecule has 0 spiro atoms. The predicted octanol–water partition coefficient (Wildman–Crippen LogP) is 3.67. The Morgan fingerprint density at radius 3 is 2.28 bits per heavy atom. The first-order valence-electron chi connectivity index (χ1n) is 7.66. The minimum Gasteiger partial charge on any atom is -0.465 e. The van der Waals surface area contributed by atoms with Gasteiger partial charge in [0.2, 0.25) is 0 Å². The second-order valence-electron chi connectivity index (χ2n) is 4.82. The van der Waals surface area contributed by atoms with Crippen LogP contribution in [-0.4, -0.2) is 25.2 Å². The molecule has 0 aromatic carbocycles. The van der Waals surface area contributed by atoms with Crippen LogP contribution in [0.2, 0.25) is 0 Å². The Morgan fingerprint density at radius 2 is 1.67 bits per heavy atom. The van der Waals surface area contributed by atoms with E-state index in [4.69, 9.17) is 4.74 Å². The van der Waals surface area contributed by atoms with Crippen LogP contribution in [0.25, 0.3) is 0 Å². The normalized spacial score (nSPS) is 12.4. The second kappa shape index (κ2) is 12.9. The Bertz CT molecular complexity index is 195. The summed E-state index contributed by atoms with van der Waals surface area (Å²) in [5, 5.41) is 3.32. The van der Waals surface area contributed by atoms with Crippen LogP contribution in [0.5, 0.6) is 0 Å². The van der Waals surface area contributed by atoms with Crippen LogP contribution in [0.4, 0.5) is 0 Å². The molecule has 3 heteroatoms. The monoisotopic (exact) mass is 257 g/mol. The van der Waals surface area contributed by atoms with Crippen molar-refractivity contribution in [3.8, 4) is 0 Å². The number of carbonyl (C=O) groups excluding carboxylic acids is 1. The zero-order valence-corrected chi connectivity index (χ0v) is 12.5. The molecule has 0 aliphatic heterocycles. The van der Waals surface area contributed by atoms with Crippen LogP contribution in [0.3, 0.4) is 0 Å². The molecule has 0 saturated carbocycles. The number of nitrogens with one attached hydrogen (secondary N) is 1. The average Bonchev–Trinajstić information content (AvgIpc) is 2.36. The fourth-order valence-corrected chi connectivity index (χ4v) is 2.02. The maximum Gasteiger partial charge on any atom is 0.323 e. The molecule has 0 saturated heterocycles. The van der Waals surface area contributed by atoms with E-state index in [-0.39, 0.29) is 12.0 Å². The van der Waals surface area contributed by atoms with Crippen molar-refractivity contribution in [2.24, 2.45) is 0 Å². The zero-order chi connectivity index (χ0) is 13.6. The molecule has 1 unspecified atom stereocenters. The summed E-state index contributed by atoms with van der Waals surface area (Å²) in [5.41, 5.74) is 0. The fraction of sp³-hybridized carbons (Fsp3) is 0.933. The van der Waals surface area contributed by atoms with Crippen LogP contribution in [0.1, 0.15) is 72.1 Å². The lowest BCUT2D eigenvalue weighted by Crippen LogP contribution is -2.38. The molecule has 0 heterocycles. The highest BCUT2D eigenvalue weighted by atomic mass is 16.5. The fourth-order valence-electron chi connectivity index (χ4n) is 2.02. The lowest BCUT2D eigenvalue weighted by atomic mass is 10.1. The van der Waals surface area contributed by atoms with Gasteiger partial charge in [0.15, 0.2) is 0 Å². The van der Waals surface area contributed by atoms with Gasteiger partial charge in [0.25, 0.3) is 0 Å². The maximum absolute atomic E-state index is 11.7. The lowest BCUT2D eigenvalue weighted by Gasteiger charge is -2.16. The van der Waals surface area contributed by atoms with Crippen molar-refractivity contribution in [2.75, 3.05) is 13.2 Å². The molecule has 0 aliphatic rings. The van der Waals surface area contributed by atoms with Gasteiger partial charge < -0.3 is 10.1 Å². The van der Waals surface area contributed by atoms with E-state index in [0.29, 0.717) is 6.61 Å². The van der Waals surface area contributed by atoms with Gasteiger partial charge in [-0.05, 0) is 26.3 Å². The Balaban J connectivity index is 3.60. The van der Waals surface area contributed by atoms with Gasteiger partial charge in [0.05, 0.1) is 6.61 Å². The first-order chi connectivity index (χ1) is 8.76. The van der Waals surface area contributed by atoms with Crippen molar-refractivity contribution in [2.45, 2.75) is 78.2 Å². The van der Waals surface area contributed by atoms with Crippen molar-refractivity contribution < 1.29 is 9.53 Å². The number of esters is 1. The molecule has 0 amide bonds. The molecule has 0 aliphatic carbocycles. The predicted molar refractivity (Wildman–Crippen MR) is 76.7 cm³/mol. The highest BCUT2D eigenvalue weighted by Crippen LogP contribution is 2.05. The molecular weight excluding hydrogens is 226 g/mol. The molecule has 108 valence electrons. The van der Waals surface area contributed by atoms with Crippen LogP contribution < -0.4 is 5.32 Å². The SMILES string of the molecule is CCCCCCCCNC(CCC)C(=O)OCC. The van der Waals surface area contributed by atoms with Gasteiger partial charge in [-0.1, -0.05) is 52.4 Å². The van der Waals surface area contributed by atoms with Gasteiger partial charge in [0.1, 0.15) is 6.04 Å². The molecular formula is C15H31NO2. The standard InChI is InChI=1S/C15H31NO2/c1-4-7-8-9-10-11-13-16-14(12-5-2)15(17)18-6-3/h14,16H,4-13H2,1-3H3. The number of ether oxygens (including phenoxy) is 1. The van der Waals surface area contributed by atoms with E-state index in [9.17, 15) is 4.79 Å². The van der Waals surface area contributed by atoms with Gasteiger partial charge in [-0.2, -0.15) is 0 Å². The summed E-state index contributed by atoms with van der Waals surface area (Å²) < 4.78 is 5.07. The third-order valence-electron chi connectivity index (χ3n) is 3.07. The average molecular weight is 257 g/mol. The van der Waals surface area contributed by atoms with Crippen LogP contribution in [0, 0.1) is 0 Å². The highest BCUT2D eigenvalue weighted by molar-refractivity contribution is 5.75. The summed E-state index contributed by atoms with van der Waals surface area (Å²) in [7, 11) is 0. The molecule has 0 aromatic rings. The Hall–Kier alpha value is -0.570. The summed E-state index contributed by atoms with van der Waals surface area (Å²) in [6, 6.07) is -0.106. The third-order valence-corrected chi connectivity index (χ3v) is 3.07. The smallest absolute Gasteiger partial charge is 0.323 e. The van der Waals surface area contributed by atoms with Gasteiger partial charge in [-0.3, -0.25) is 4.79 Å².